The summed E-state index contributed by atoms with van der Waals surface area (Å²) in [6.45, 7) is 7.99. The molecule has 0 aliphatic rings. The normalized spacial score (nSPS) is 14.4. The van der Waals surface area contributed by atoms with Gasteiger partial charge in [0.1, 0.15) is 0 Å². The summed E-state index contributed by atoms with van der Waals surface area (Å²) in [5.41, 5.74) is 2.09. The highest BCUT2D eigenvalue weighted by Crippen LogP contribution is 2.27. The summed E-state index contributed by atoms with van der Waals surface area (Å²) in [6, 6.07) is 10.1. The highest BCUT2D eigenvalue weighted by molar-refractivity contribution is 5.70. The molecule has 1 aromatic rings. The Labute approximate surface area is 86.0 Å². The van der Waals surface area contributed by atoms with Crippen LogP contribution in [0, 0.1) is 5.41 Å². The van der Waals surface area contributed by atoms with Crippen molar-refractivity contribution < 1.29 is 0 Å². The summed E-state index contributed by atoms with van der Waals surface area (Å²) >= 11 is 0. The number of benzene rings is 1. The van der Waals surface area contributed by atoms with Gasteiger partial charge in [0.15, 0.2) is 0 Å². The minimum Gasteiger partial charge on any atom is -0.312 e. The Balaban J connectivity index is 3.01. The molecule has 1 aromatic carbocycles. The average molecular weight is 187 g/mol. The third-order valence-electron chi connectivity index (χ3n) is 2.42. The van der Waals surface area contributed by atoms with Crippen LogP contribution in [-0.4, -0.2) is 6.21 Å². The Morgan fingerprint density at radius 1 is 1.43 bits per heavy atom. The van der Waals surface area contributed by atoms with Crippen molar-refractivity contribution >= 4 is 6.21 Å². The standard InChI is InChI=1S/C13H17N/c1-11(2)9-13(3,10-14)12-7-5-4-6-8-12/h4-8,10,14H,1,9H2,2-3H3. The molecule has 14 heavy (non-hydrogen) atoms. The van der Waals surface area contributed by atoms with Crippen molar-refractivity contribution in [1.29, 1.82) is 5.41 Å². The van der Waals surface area contributed by atoms with Gasteiger partial charge in [-0.1, -0.05) is 42.8 Å². The lowest BCUT2D eigenvalue weighted by atomic mass is 9.79. The van der Waals surface area contributed by atoms with E-state index in [4.69, 9.17) is 5.41 Å². The number of nitrogens with one attached hydrogen (secondary N) is 1. The molecule has 0 spiro atoms. The zero-order chi connectivity index (χ0) is 10.6. The van der Waals surface area contributed by atoms with E-state index in [1.165, 1.54) is 11.8 Å². The van der Waals surface area contributed by atoms with Gasteiger partial charge < -0.3 is 5.41 Å². The van der Waals surface area contributed by atoms with Crippen molar-refractivity contribution in [3.63, 3.8) is 0 Å². The fourth-order valence-corrected chi connectivity index (χ4v) is 1.68. The van der Waals surface area contributed by atoms with E-state index in [-0.39, 0.29) is 5.41 Å². The van der Waals surface area contributed by atoms with Crippen molar-refractivity contribution in [2.75, 3.05) is 0 Å². The number of hydrogen-bond donors (Lipinski definition) is 1. The van der Waals surface area contributed by atoms with Gasteiger partial charge in [-0.25, -0.2) is 0 Å². The largest absolute Gasteiger partial charge is 0.312 e. The van der Waals surface area contributed by atoms with Gasteiger partial charge in [0.2, 0.25) is 0 Å². The first kappa shape index (κ1) is 10.7. The summed E-state index contributed by atoms with van der Waals surface area (Å²) in [6.07, 6.45) is 2.34. The van der Waals surface area contributed by atoms with Crippen LogP contribution in [-0.2, 0) is 5.41 Å². The number of hydrogen-bond acceptors (Lipinski definition) is 1. The highest BCUT2D eigenvalue weighted by atomic mass is 14.4. The summed E-state index contributed by atoms with van der Waals surface area (Å²) in [4.78, 5) is 0. The molecular weight excluding hydrogens is 170 g/mol. The van der Waals surface area contributed by atoms with E-state index >= 15 is 0 Å². The van der Waals surface area contributed by atoms with Gasteiger partial charge in [-0.05, 0) is 18.9 Å². The van der Waals surface area contributed by atoms with E-state index in [1.807, 2.05) is 25.1 Å². The van der Waals surface area contributed by atoms with E-state index in [2.05, 4.69) is 25.6 Å². The molecule has 1 nitrogen and oxygen atoms in total. The van der Waals surface area contributed by atoms with Crippen LogP contribution in [0.2, 0.25) is 0 Å². The molecule has 0 radical (unpaired) electrons. The maximum atomic E-state index is 7.52. The van der Waals surface area contributed by atoms with Crippen LogP contribution < -0.4 is 0 Å². The SMILES string of the molecule is C=C(C)CC(C)(C=N)c1ccccc1. The molecule has 0 aliphatic heterocycles. The van der Waals surface area contributed by atoms with E-state index in [0.717, 1.165) is 12.0 Å². The summed E-state index contributed by atoms with van der Waals surface area (Å²) in [5.74, 6) is 0. The lowest BCUT2D eigenvalue weighted by Crippen LogP contribution is -2.23. The molecule has 1 rings (SSSR count). The third kappa shape index (κ3) is 2.32. The zero-order valence-corrected chi connectivity index (χ0v) is 8.88. The smallest absolute Gasteiger partial charge is 0.0307 e. The first-order chi connectivity index (χ1) is 6.58. The maximum Gasteiger partial charge on any atom is 0.0307 e. The van der Waals surface area contributed by atoms with Gasteiger partial charge in [0.25, 0.3) is 0 Å². The Kier molecular flexibility index (Phi) is 3.23. The topological polar surface area (TPSA) is 23.9 Å². The van der Waals surface area contributed by atoms with Crippen molar-refractivity contribution in [1.82, 2.24) is 0 Å². The van der Waals surface area contributed by atoms with E-state index in [9.17, 15) is 0 Å². The first-order valence-electron chi connectivity index (χ1n) is 4.80. The number of rotatable bonds is 4. The third-order valence-corrected chi connectivity index (χ3v) is 2.42. The molecule has 0 saturated heterocycles. The molecule has 0 amide bonds. The fraction of sp³-hybridized carbons (Fsp3) is 0.308. The predicted molar refractivity (Wildman–Crippen MR) is 62.0 cm³/mol. The second kappa shape index (κ2) is 4.23. The average Bonchev–Trinajstić information content (AvgIpc) is 2.18. The van der Waals surface area contributed by atoms with E-state index < -0.39 is 0 Å². The van der Waals surface area contributed by atoms with Gasteiger partial charge in [-0.2, -0.15) is 0 Å². The van der Waals surface area contributed by atoms with Gasteiger partial charge >= 0.3 is 0 Å². The Morgan fingerprint density at radius 3 is 2.43 bits per heavy atom. The van der Waals surface area contributed by atoms with Crippen LogP contribution in [0.3, 0.4) is 0 Å². The molecule has 0 heterocycles. The number of allylic oxidation sites excluding steroid dienone is 1. The van der Waals surface area contributed by atoms with Crippen molar-refractivity contribution in [3.05, 3.63) is 48.0 Å². The van der Waals surface area contributed by atoms with Crippen molar-refractivity contribution in [2.24, 2.45) is 0 Å². The molecule has 0 fully saturated rings. The van der Waals surface area contributed by atoms with Crippen LogP contribution in [0.25, 0.3) is 0 Å². The Morgan fingerprint density at radius 2 is 2.00 bits per heavy atom. The van der Waals surface area contributed by atoms with Crippen LogP contribution in [0.5, 0.6) is 0 Å². The molecular formula is C13H17N. The van der Waals surface area contributed by atoms with Gasteiger partial charge in [-0.15, -0.1) is 6.58 Å². The molecule has 1 atom stereocenters. The maximum absolute atomic E-state index is 7.52. The predicted octanol–water partition coefficient (Wildman–Crippen LogP) is 3.56. The molecule has 1 N–H and O–H groups in total. The van der Waals surface area contributed by atoms with Crippen LogP contribution in [0.1, 0.15) is 25.8 Å². The fourth-order valence-electron chi connectivity index (χ4n) is 1.68. The summed E-state index contributed by atoms with van der Waals surface area (Å²) in [7, 11) is 0. The van der Waals surface area contributed by atoms with Crippen LogP contribution in [0.15, 0.2) is 42.5 Å². The molecule has 0 saturated carbocycles. The van der Waals surface area contributed by atoms with E-state index in [1.54, 1.807) is 0 Å². The quantitative estimate of drug-likeness (QED) is 0.550. The minimum atomic E-state index is -0.201. The second-order valence-corrected chi connectivity index (χ2v) is 4.06. The molecule has 74 valence electrons. The summed E-state index contributed by atoms with van der Waals surface area (Å²) < 4.78 is 0. The first-order valence-corrected chi connectivity index (χ1v) is 4.80. The highest BCUT2D eigenvalue weighted by Gasteiger charge is 2.23. The molecule has 0 bridgehead atoms. The van der Waals surface area contributed by atoms with Gasteiger partial charge in [0.05, 0.1) is 0 Å². The second-order valence-electron chi connectivity index (χ2n) is 4.06. The van der Waals surface area contributed by atoms with Crippen LogP contribution in [0.4, 0.5) is 0 Å². The monoisotopic (exact) mass is 187 g/mol. The van der Waals surface area contributed by atoms with Crippen molar-refractivity contribution in [2.45, 2.75) is 25.7 Å². The molecule has 1 heteroatoms. The molecule has 0 aliphatic carbocycles. The zero-order valence-electron chi connectivity index (χ0n) is 8.88. The van der Waals surface area contributed by atoms with Crippen LogP contribution >= 0.6 is 0 Å². The molecule has 0 aromatic heterocycles. The van der Waals surface area contributed by atoms with E-state index in [0.29, 0.717) is 0 Å². The lowest BCUT2D eigenvalue weighted by Gasteiger charge is -2.25. The summed E-state index contributed by atoms with van der Waals surface area (Å²) in [5, 5.41) is 7.52. The van der Waals surface area contributed by atoms with Gasteiger partial charge in [0, 0.05) is 11.6 Å². The van der Waals surface area contributed by atoms with Crippen molar-refractivity contribution in [3.8, 4) is 0 Å². The van der Waals surface area contributed by atoms with Gasteiger partial charge in [-0.3, -0.25) is 0 Å². The lowest BCUT2D eigenvalue weighted by molar-refractivity contribution is 0.640. The Bertz CT molecular complexity index is 326. The minimum absolute atomic E-state index is 0.201. The Hall–Kier alpha value is -1.37. The molecule has 1 unspecified atom stereocenters.